The van der Waals surface area contributed by atoms with Gasteiger partial charge in [0, 0.05) is 25.6 Å². The smallest absolute Gasteiger partial charge is 0.243 e. The number of methoxy groups -OCH3 is 1. The first-order chi connectivity index (χ1) is 18.8. The molecule has 0 N–H and O–H groups in total. The quantitative estimate of drug-likeness (QED) is 0.226. The van der Waals surface area contributed by atoms with Gasteiger partial charge in [0.1, 0.15) is 12.9 Å². The number of hydrogen-bond acceptors (Lipinski definition) is 7. The van der Waals surface area contributed by atoms with Gasteiger partial charge in [-0.3, -0.25) is 0 Å². The fourth-order valence-corrected chi connectivity index (χ4v) is 8.43. The van der Waals surface area contributed by atoms with E-state index in [1.807, 2.05) is 37.3 Å². The Kier molecular flexibility index (Phi) is 7.97. The first kappa shape index (κ1) is 29.3. The molecule has 2 aliphatic heterocycles. The van der Waals surface area contributed by atoms with Gasteiger partial charge in [-0.15, -0.1) is 0 Å². The van der Waals surface area contributed by atoms with Crippen LogP contribution in [0.25, 0.3) is 0 Å². The highest BCUT2D eigenvalue weighted by Gasteiger charge is 2.50. The van der Waals surface area contributed by atoms with E-state index in [4.69, 9.17) is 23.4 Å². The average molecular weight is 588 g/mol. The lowest BCUT2D eigenvalue weighted by Crippen LogP contribution is -2.51. The minimum atomic E-state index is -3.78. The molecule has 1 fully saturated rings. The summed E-state index contributed by atoms with van der Waals surface area (Å²) in [6.45, 7) is 13.6. The molecule has 0 bridgehead atoms. The fraction of sp³-hybridized carbons (Fsp3) is 0.533. The van der Waals surface area contributed by atoms with Gasteiger partial charge in [-0.25, -0.2) is 8.42 Å². The molecule has 1 aliphatic carbocycles. The summed E-state index contributed by atoms with van der Waals surface area (Å²) < 4.78 is 59.5. The maximum Gasteiger partial charge on any atom is 0.243 e. The molecule has 0 amide bonds. The van der Waals surface area contributed by atoms with Crippen molar-refractivity contribution in [1.29, 1.82) is 0 Å². The lowest BCUT2D eigenvalue weighted by atomic mass is 9.83. The molecule has 3 aliphatic rings. The Bertz CT molecular complexity index is 1370. The Labute approximate surface area is 239 Å². The summed E-state index contributed by atoms with van der Waals surface area (Å²) in [6, 6.07) is 12.6. The molecule has 4 atom stereocenters. The van der Waals surface area contributed by atoms with Crippen molar-refractivity contribution in [3.05, 3.63) is 65.2 Å². The predicted molar refractivity (Wildman–Crippen MR) is 156 cm³/mol. The van der Waals surface area contributed by atoms with Gasteiger partial charge < -0.3 is 23.4 Å². The second kappa shape index (κ2) is 10.9. The van der Waals surface area contributed by atoms with Crippen molar-refractivity contribution in [2.45, 2.75) is 81.3 Å². The molecule has 5 rings (SSSR count). The van der Waals surface area contributed by atoms with Crippen molar-refractivity contribution >= 4 is 18.3 Å². The third-order valence-electron chi connectivity index (χ3n) is 8.73. The zero-order valence-electron chi connectivity index (χ0n) is 24.5. The number of nitrogens with zero attached hydrogens (tertiary/aromatic N) is 1. The van der Waals surface area contributed by atoms with E-state index in [1.165, 1.54) is 0 Å². The molecule has 10 heteroatoms. The van der Waals surface area contributed by atoms with Crippen LogP contribution in [-0.2, 0) is 23.9 Å². The van der Waals surface area contributed by atoms with Crippen molar-refractivity contribution in [2.24, 2.45) is 0 Å². The topological polar surface area (TPSA) is 83.5 Å². The molecule has 0 radical (unpaired) electrons. The summed E-state index contributed by atoms with van der Waals surface area (Å²) in [6.07, 6.45) is 1.92. The van der Waals surface area contributed by atoms with Crippen LogP contribution in [0, 0.1) is 6.92 Å². The van der Waals surface area contributed by atoms with Crippen LogP contribution in [0.5, 0.6) is 11.5 Å². The summed E-state index contributed by atoms with van der Waals surface area (Å²) in [5.74, 6) is 1.21. The number of hydrogen-bond donors (Lipinski definition) is 0. The molecule has 0 aromatic heterocycles. The predicted octanol–water partition coefficient (Wildman–Crippen LogP) is 5.59. The van der Waals surface area contributed by atoms with E-state index < -0.39 is 18.3 Å². The summed E-state index contributed by atoms with van der Waals surface area (Å²) in [5.41, 5.74) is 3.01. The molecular formula is C30H41NO7SSi. The van der Waals surface area contributed by atoms with Crippen LogP contribution in [0.3, 0.4) is 0 Å². The molecule has 218 valence electrons. The Morgan fingerprint density at radius 2 is 1.75 bits per heavy atom. The number of rotatable bonds is 8. The highest BCUT2D eigenvalue weighted by molar-refractivity contribution is 7.89. The first-order valence-electron chi connectivity index (χ1n) is 13.8. The largest absolute Gasteiger partial charge is 0.454 e. The van der Waals surface area contributed by atoms with Crippen LogP contribution in [0.1, 0.15) is 44.2 Å². The van der Waals surface area contributed by atoms with Crippen molar-refractivity contribution in [1.82, 2.24) is 4.31 Å². The van der Waals surface area contributed by atoms with Crippen LogP contribution in [0.15, 0.2) is 59.0 Å². The van der Waals surface area contributed by atoms with E-state index >= 15 is 0 Å². The Balaban J connectivity index is 1.58. The van der Waals surface area contributed by atoms with Crippen LogP contribution < -0.4 is 9.47 Å². The zero-order chi connectivity index (χ0) is 28.9. The maximum atomic E-state index is 14.1. The highest BCUT2D eigenvalue weighted by atomic mass is 32.2. The van der Waals surface area contributed by atoms with Gasteiger partial charge in [-0.05, 0) is 66.9 Å². The van der Waals surface area contributed by atoms with E-state index in [0.717, 1.165) is 16.7 Å². The van der Waals surface area contributed by atoms with Gasteiger partial charge in [0.05, 0.1) is 11.0 Å². The third kappa shape index (κ3) is 5.49. The Morgan fingerprint density at radius 1 is 1.05 bits per heavy atom. The molecule has 40 heavy (non-hydrogen) atoms. The molecule has 0 spiro atoms. The zero-order valence-corrected chi connectivity index (χ0v) is 26.3. The summed E-state index contributed by atoms with van der Waals surface area (Å²) in [7, 11) is -4.38. The molecule has 0 unspecified atom stereocenters. The van der Waals surface area contributed by atoms with E-state index in [-0.39, 0.29) is 42.8 Å². The van der Waals surface area contributed by atoms with Gasteiger partial charge in [0.25, 0.3) is 0 Å². The highest BCUT2D eigenvalue weighted by Crippen LogP contribution is 2.48. The minimum absolute atomic E-state index is 0.0127. The molecule has 1 saturated heterocycles. The van der Waals surface area contributed by atoms with Crippen molar-refractivity contribution in [3.8, 4) is 11.5 Å². The van der Waals surface area contributed by atoms with Gasteiger partial charge in [0.2, 0.25) is 16.8 Å². The van der Waals surface area contributed by atoms with Crippen LogP contribution in [0.2, 0.25) is 18.1 Å². The van der Waals surface area contributed by atoms with Crippen molar-refractivity contribution in [2.75, 3.05) is 27.2 Å². The molecular weight excluding hydrogens is 546 g/mol. The van der Waals surface area contributed by atoms with Crippen molar-refractivity contribution < 1.29 is 31.8 Å². The van der Waals surface area contributed by atoms with Crippen LogP contribution in [0.4, 0.5) is 0 Å². The molecule has 2 aromatic carbocycles. The van der Waals surface area contributed by atoms with Crippen LogP contribution >= 0.6 is 0 Å². The van der Waals surface area contributed by atoms with Crippen molar-refractivity contribution in [3.63, 3.8) is 0 Å². The molecule has 2 heterocycles. The monoisotopic (exact) mass is 587 g/mol. The molecule has 2 aromatic rings. The number of benzene rings is 2. The first-order valence-corrected chi connectivity index (χ1v) is 18.1. The van der Waals surface area contributed by atoms with Gasteiger partial charge >= 0.3 is 0 Å². The summed E-state index contributed by atoms with van der Waals surface area (Å²) in [4.78, 5) is 0.295. The second-order valence-electron chi connectivity index (χ2n) is 12.4. The minimum Gasteiger partial charge on any atom is -0.454 e. The lowest BCUT2D eigenvalue weighted by Gasteiger charge is -2.44. The Hall–Kier alpha value is -2.21. The van der Waals surface area contributed by atoms with Gasteiger partial charge in [-0.1, -0.05) is 50.6 Å². The maximum absolute atomic E-state index is 14.1. The number of aryl methyl sites for hydroxylation is 1. The second-order valence-corrected chi connectivity index (χ2v) is 19.1. The fourth-order valence-electron chi connectivity index (χ4n) is 5.45. The van der Waals surface area contributed by atoms with E-state index in [0.29, 0.717) is 29.4 Å². The van der Waals surface area contributed by atoms with Gasteiger partial charge in [0.15, 0.2) is 19.8 Å². The van der Waals surface area contributed by atoms with E-state index in [1.54, 1.807) is 23.5 Å². The normalized spacial score (nSPS) is 25.1. The van der Waals surface area contributed by atoms with E-state index in [9.17, 15) is 8.42 Å². The van der Waals surface area contributed by atoms with Gasteiger partial charge in [-0.2, -0.15) is 4.31 Å². The number of ether oxygens (including phenoxy) is 4. The summed E-state index contributed by atoms with van der Waals surface area (Å²) in [5, 5.41) is -0.0127. The van der Waals surface area contributed by atoms with E-state index in [2.05, 4.69) is 39.9 Å². The number of fused-ring (bicyclic) bond motifs is 2. The SMILES string of the molecule is COCO[C@@H]1C=C2[C@H](c3ccc4c(c3)OCO4)CN(S(=O)(=O)c3ccc(C)cc3)[C@@H]2C[C@@H]1O[Si](C)(C)C(C)(C)C. The molecule has 8 nitrogen and oxygen atoms in total. The lowest BCUT2D eigenvalue weighted by molar-refractivity contribution is -0.0958. The standard InChI is InChI=1S/C30H41NO7SSi/c1-20-8-11-22(12-9-20)39(32,33)31-17-24(21-10-13-26-27(14-21)37-19-36-26)23-15-28(35-18-34-5)29(16-25(23)31)38-40(6,7)30(2,3)4/h8-15,24-25,28-29H,16-19H2,1-7H3/t24-,25+,28+,29-/m0/s1. The number of sulfonamides is 1. The molecule has 0 saturated carbocycles. The van der Waals surface area contributed by atoms with Crippen LogP contribution in [-0.4, -0.2) is 66.5 Å². The average Bonchev–Trinajstić information content (AvgIpc) is 3.51. The Morgan fingerprint density at radius 3 is 2.42 bits per heavy atom. The summed E-state index contributed by atoms with van der Waals surface area (Å²) >= 11 is 0. The third-order valence-corrected chi connectivity index (χ3v) is 15.1.